The van der Waals surface area contributed by atoms with Crippen LogP contribution in [0.1, 0.15) is 30.4 Å². The van der Waals surface area contributed by atoms with Gasteiger partial charge < -0.3 is 10.2 Å². The number of amides is 2. The molecule has 1 fully saturated rings. The normalized spacial score (nSPS) is 14.9. The Balaban J connectivity index is 0.00000162. The van der Waals surface area contributed by atoms with Crippen LogP contribution in [0.3, 0.4) is 0 Å². The number of carbonyl (C=O) groups is 1. The SMILES string of the molecule is Cc1cc(C)cc(NC(=O)N2CCCCC2)c1.Cl. The first-order valence-corrected chi connectivity index (χ1v) is 6.29. The summed E-state index contributed by atoms with van der Waals surface area (Å²) >= 11 is 0. The summed E-state index contributed by atoms with van der Waals surface area (Å²) in [6, 6.07) is 6.16. The number of nitrogens with one attached hydrogen (secondary N) is 1. The quantitative estimate of drug-likeness (QED) is 0.827. The molecule has 1 aliphatic heterocycles. The Morgan fingerprint density at radius 2 is 1.61 bits per heavy atom. The number of hydrogen-bond donors (Lipinski definition) is 1. The first kappa shape index (κ1) is 14.8. The van der Waals surface area contributed by atoms with Gasteiger partial charge >= 0.3 is 6.03 Å². The van der Waals surface area contributed by atoms with Gasteiger partial charge in [0, 0.05) is 18.8 Å². The second-order valence-corrected chi connectivity index (χ2v) is 4.85. The minimum absolute atomic E-state index is 0. The fourth-order valence-corrected chi connectivity index (χ4v) is 2.35. The van der Waals surface area contributed by atoms with Gasteiger partial charge in [0.15, 0.2) is 0 Å². The van der Waals surface area contributed by atoms with Gasteiger partial charge in [-0.1, -0.05) is 6.07 Å². The number of likely N-dealkylation sites (tertiary alicyclic amines) is 1. The van der Waals surface area contributed by atoms with Crippen LogP contribution in [0.4, 0.5) is 10.5 Å². The van der Waals surface area contributed by atoms with E-state index in [1.165, 1.54) is 17.5 Å². The second-order valence-electron chi connectivity index (χ2n) is 4.85. The molecule has 1 aliphatic rings. The lowest BCUT2D eigenvalue weighted by molar-refractivity contribution is 0.200. The van der Waals surface area contributed by atoms with Crippen LogP contribution in [0.5, 0.6) is 0 Å². The molecule has 0 aliphatic carbocycles. The van der Waals surface area contributed by atoms with Crippen molar-refractivity contribution in [2.45, 2.75) is 33.1 Å². The van der Waals surface area contributed by atoms with Crippen molar-refractivity contribution < 1.29 is 4.79 Å². The molecule has 1 aromatic rings. The number of carbonyl (C=O) groups excluding carboxylic acids is 1. The molecule has 0 atom stereocenters. The molecule has 2 rings (SSSR count). The Labute approximate surface area is 115 Å². The Morgan fingerprint density at radius 1 is 1.06 bits per heavy atom. The Hall–Kier alpha value is -1.22. The fourth-order valence-electron chi connectivity index (χ4n) is 2.35. The lowest BCUT2D eigenvalue weighted by atomic mass is 10.1. The molecule has 2 amide bonds. The van der Waals surface area contributed by atoms with Crippen LogP contribution in [-0.2, 0) is 0 Å². The van der Waals surface area contributed by atoms with Crippen LogP contribution in [0.25, 0.3) is 0 Å². The van der Waals surface area contributed by atoms with E-state index in [2.05, 4.69) is 11.4 Å². The topological polar surface area (TPSA) is 32.3 Å². The zero-order valence-corrected chi connectivity index (χ0v) is 11.8. The molecule has 1 aromatic carbocycles. The highest BCUT2D eigenvalue weighted by Crippen LogP contribution is 2.16. The van der Waals surface area contributed by atoms with Crippen molar-refractivity contribution in [3.8, 4) is 0 Å². The van der Waals surface area contributed by atoms with E-state index in [9.17, 15) is 4.79 Å². The third kappa shape index (κ3) is 3.91. The molecule has 0 saturated carbocycles. The summed E-state index contributed by atoms with van der Waals surface area (Å²) in [7, 11) is 0. The number of benzene rings is 1. The number of urea groups is 1. The van der Waals surface area contributed by atoms with Crippen LogP contribution in [0.15, 0.2) is 18.2 Å². The van der Waals surface area contributed by atoms with Crippen molar-refractivity contribution in [2.24, 2.45) is 0 Å². The second kappa shape index (κ2) is 6.64. The monoisotopic (exact) mass is 268 g/mol. The third-order valence-corrected chi connectivity index (χ3v) is 3.12. The van der Waals surface area contributed by atoms with Crippen molar-refractivity contribution in [3.05, 3.63) is 29.3 Å². The minimum atomic E-state index is 0. The minimum Gasteiger partial charge on any atom is -0.325 e. The molecule has 1 heterocycles. The van der Waals surface area contributed by atoms with Gasteiger partial charge in [0.1, 0.15) is 0 Å². The molecular weight excluding hydrogens is 248 g/mol. The van der Waals surface area contributed by atoms with E-state index in [1.54, 1.807) is 0 Å². The van der Waals surface area contributed by atoms with E-state index in [0.29, 0.717) is 0 Å². The van der Waals surface area contributed by atoms with Crippen molar-refractivity contribution >= 4 is 24.1 Å². The number of anilines is 1. The zero-order valence-electron chi connectivity index (χ0n) is 11.0. The van der Waals surface area contributed by atoms with E-state index < -0.39 is 0 Å². The van der Waals surface area contributed by atoms with Gasteiger partial charge in [-0.2, -0.15) is 0 Å². The van der Waals surface area contributed by atoms with E-state index in [1.807, 2.05) is 30.9 Å². The molecule has 100 valence electrons. The van der Waals surface area contributed by atoms with Gasteiger partial charge in [-0.3, -0.25) is 0 Å². The molecule has 3 nitrogen and oxygen atoms in total. The number of nitrogens with zero attached hydrogens (tertiary/aromatic N) is 1. The summed E-state index contributed by atoms with van der Waals surface area (Å²) in [4.78, 5) is 13.9. The molecular formula is C14H21ClN2O. The maximum absolute atomic E-state index is 12.0. The summed E-state index contributed by atoms with van der Waals surface area (Å²) in [5.74, 6) is 0. The van der Waals surface area contributed by atoms with Crippen molar-refractivity contribution in [2.75, 3.05) is 18.4 Å². The smallest absolute Gasteiger partial charge is 0.321 e. The molecule has 0 spiro atoms. The number of halogens is 1. The molecule has 4 heteroatoms. The highest BCUT2D eigenvalue weighted by molar-refractivity contribution is 5.89. The number of piperidine rings is 1. The molecule has 0 unspecified atom stereocenters. The maximum Gasteiger partial charge on any atom is 0.321 e. The standard InChI is InChI=1S/C14H20N2O.ClH/c1-11-8-12(2)10-13(9-11)15-14(17)16-6-4-3-5-7-16;/h8-10H,3-7H2,1-2H3,(H,15,17);1H. The number of aryl methyl sites for hydroxylation is 2. The first-order valence-electron chi connectivity index (χ1n) is 6.29. The Morgan fingerprint density at radius 3 is 2.17 bits per heavy atom. The van der Waals surface area contributed by atoms with Crippen LogP contribution < -0.4 is 5.32 Å². The zero-order chi connectivity index (χ0) is 12.3. The van der Waals surface area contributed by atoms with Gasteiger partial charge in [0.05, 0.1) is 0 Å². The van der Waals surface area contributed by atoms with Crippen LogP contribution in [-0.4, -0.2) is 24.0 Å². The van der Waals surface area contributed by atoms with E-state index in [-0.39, 0.29) is 18.4 Å². The first-order chi connectivity index (χ1) is 8.15. The van der Waals surface area contributed by atoms with Gasteiger partial charge in [-0.15, -0.1) is 12.4 Å². The molecule has 0 bridgehead atoms. The molecule has 1 saturated heterocycles. The van der Waals surface area contributed by atoms with Crippen molar-refractivity contribution in [1.82, 2.24) is 4.90 Å². The van der Waals surface area contributed by atoms with Crippen LogP contribution in [0.2, 0.25) is 0 Å². The Bertz CT molecular complexity index is 394. The largest absolute Gasteiger partial charge is 0.325 e. The van der Waals surface area contributed by atoms with E-state index in [4.69, 9.17) is 0 Å². The van der Waals surface area contributed by atoms with Crippen molar-refractivity contribution in [1.29, 1.82) is 0 Å². The summed E-state index contributed by atoms with van der Waals surface area (Å²) in [5, 5.41) is 2.98. The average Bonchev–Trinajstić information content (AvgIpc) is 2.28. The molecule has 1 N–H and O–H groups in total. The lowest BCUT2D eigenvalue weighted by Crippen LogP contribution is -2.38. The maximum atomic E-state index is 12.0. The summed E-state index contributed by atoms with van der Waals surface area (Å²) < 4.78 is 0. The highest BCUT2D eigenvalue weighted by atomic mass is 35.5. The van der Waals surface area contributed by atoms with Gasteiger partial charge in [0.25, 0.3) is 0 Å². The van der Waals surface area contributed by atoms with E-state index >= 15 is 0 Å². The number of hydrogen-bond acceptors (Lipinski definition) is 1. The van der Waals surface area contributed by atoms with Crippen molar-refractivity contribution in [3.63, 3.8) is 0 Å². The molecule has 0 aromatic heterocycles. The van der Waals surface area contributed by atoms with E-state index in [0.717, 1.165) is 31.6 Å². The van der Waals surface area contributed by atoms with Crippen LogP contribution in [0, 0.1) is 13.8 Å². The predicted octanol–water partition coefficient (Wildman–Crippen LogP) is 3.74. The third-order valence-electron chi connectivity index (χ3n) is 3.12. The Kier molecular flexibility index (Phi) is 5.48. The summed E-state index contributed by atoms with van der Waals surface area (Å²) in [6.45, 7) is 5.86. The highest BCUT2D eigenvalue weighted by Gasteiger charge is 2.16. The van der Waals surface area contributed by atoms with Gasteiger partial charge in [-0.05, 0) is 56.4 Å². The average molecular weight is 269 g/mol. The fraction of sp³-hybridized carbons (Fsp3) is 0.500. The van der Waals surface area contributed by atoms with Gasteiger partial charge in [0.2, 0.25) is 0 Å². The predicted molar refractivity (Wildman–Crippen MR) is 77.6 cm³/mol. The van der Waals surface area contributed by atoms with Crippen LogP contribution >= 0.6 is 12.4 Å². The molecule has 18 heavy (non-hydrogen) atoms. The molecule has 0 radical (unpaired) electrons. The summed E-state index contributed by atoms with van der Waals surface area (Å²) in [5.41, 5.74) is 3.26. The summed E-state index contributed by atoms with van der Waals surface area (Å²) in [6.07, 6.45) is 3.49. The van der Waals surface area contributed by atoms with Gasteiger partial charge in [-0.25, -0.2) is 4.79 Å². The lowest BCUT2D eigenvalue weighted by Gasteiger charge is -2.26. The number of rotatable bonds is 1.